The molecule has 3 heterocycles. The van der Waals surface area contributed by atoms with Gasteiger partial charge in [0.05, 0.1) is 32.1 Å². The topological polar surface area (TPSA) is 191 Å². The Hall–Kier alpha value is -3.60. The molecule has 324 valence electrons. The molecule has 15 heteroatoms. The van der Waals surface area contributed by atoms with Gasteiger partial charge in [0, 0.05) is 38.6 Å². The number of fused-ring (bicyclic) bond motifs is 4. The van der Waals surface area contributed by atoms with Gasteiger partial charge in [0.1, 0.15) is 42.0 Å². The predicted octanol–water partition coefficient (Wildman–Crippen LogP) is 4.21. The molecule has 0 spiro atoms. The standard InChI is InChI=1S/C43H65N3O12/c1-6-8-12-20-42(21-13-9-7-2)56-35-32-26-43(40(52)44-22-18-33(49)45-31(28-48)16-17-34(50)55-41(3,4)5)37(39(51)54-32)46(58-38(43)36(35)57-42)27-30-15-11-10-14-29(30)19-24-53-25-23-47/h10-11,14-15,19,24,31-32,35-38,47-48H,6-9,12-13,16-18,20-23,25-28H2,1-5H3,(H,44,52)(H,45,49)/t31-,32+,35-,36-,37-,38+,43-/m0/s1. The maximum absolute atomic E-state index is 14.7. The molecule has 0 unspecified atom stereocenters. The van der Waals surface area contributed by atoms with Gasteiger partial charge in [-0.15, -0.1) is 0 Å². The van der Waals surface area contributed by atoms with E-state index in [0.29, 0.717) is 12.8 Å². The lowest BCUT2D eigenvalue weighted by Crippen LogP contribution is -2.69. The predicted molar refractivity (Wildman–Crippen MR) is 212 cm³/mol. The van der Waals surface area contributed by atoms with Crippen molar-refractivity contribution in [1.82, 2.24) is 15.7 Å². The van der Waals surface area contributed by atoms with Crippen LogP contribution in [-0.2, 0) is 54.2 Å². The van der Waals surface area contributed by atoms with Gasteiger partial charge < -0.3 is 44.5 Å². The fourth-order valence-corrected chi connectivity index (χ4v) is 8.60. The fraction of sp³-hybridized carbons (Fsp3) is 0.721. The Bertz CT molecular complexity index is 1570. The number of hydrogen-bond acceptors (Lipinski definition) is 13. The highest BCUT2D eigenvalue weighted by molar-refractivity contribution is 5.94. The van der Waals surface area contributed by atoms with Gasteiger partial charge in [0.15, 0.2) is 11.8 Å². The van der Waals surface area contributed by atoms with Gasteiger partial charge in [-0.05, 0) is 57.2 Å². The minimum atomic E-state index is -1.43. The Morgan fingerprint density at radius 2 is 1.72 bits per heavy atom. The van der Waals surface area contributed by atoms with Crippen LogP contribution in [0.25, 0.3) is 6.08 Å². The summed E-state index contributed by atoms with van der Waals surface area (Å²) in [7, 11) is 0. The third-order valence-corrected chi connectivity index (χ3v) is 11.3. The average Bonchev–Trinajstić information content (AvgIpc) is 3.73. The Morgan fingerprint density at radius 1 is 1.02 bits per heavy atom. The van der Waals surface area contributed by atoms with Gasteiger partial charge in [-0.3, -0.25) is 24.0 Å². The molecule has 0 aromatic heterocycles. The van der Waals surface area contributed by atoms with Crippen molar-refractivity contribution in [2.45, 2.75) is 166 Å². The van der Waals surface area contributed by atoms with Crippen LogP contribution < -0.4 is 10.6 Å². The van der Waals surface area contributed by atoms with Crippen LogP contribution in [0.1, 0.15) is 123 Å². The van der Waals surface area contributed by atoms with Crippen molar-refractivity contribution in [2.24, 2.45) is 5.41 Å². The summed E-state index contributed by atoms with van der Waals surface area (Å²) in [4.78, 5) is 60.9. The third kappa shape index (κ3) is 11.0. The van der Waals surface area contributed by atoms with Crippen molar-refractivity contribution in [2.75, 3.05) is 26.4 Å². The maximum Gasteiger partial charge on any atom is 0.327 e. The van der Waals surface area contributed by atoms with Crippen LogP contribution in [0.3, 0.4) is 0 Å². The van der Waals surface area contributed by atoms with Crippen molar-refractivity contribution < 1.29 is 57.9 Å². The molecule has 1 aromatic rings. The highest BCUT2D eigenvalue weighted by atomic mass is 16.8. The van der Waals surface area contributed by atoms with Crippen LogP contribution in [-0.4, -0.2) is 113 Å². The molecule has 7 atom stereocenters. The summed E-state index contributed by atoms with van der Waals surface area (Å²) in [6, 6.07) is 5.73. The van der Waals surface area contributed by atoms with Gasteiger partial charge in [-0.25, -0.2) is 0 Å². The molecule has 4 N–H and O–H groups in total. The van der Waals surface area contributed by atoms with E-state index in [1.165, 1.54) is 11.3 Å². The van der Waals surface area contributed by atoms with E-state index >= 15 is 0 Å². The minimum Gasteiger partial charge on any atom is -0.499 e. The first-order valence-corrected chi connectivity index (χ1v) is 21.2. The number of aliphatic hydroxyl groups is 2. The third-order valence-electron chi connectivity index (χ3n) is 11.3. The average molecular weight is 816 g/mol. The van der Waals surface area contributed by atoms with E-state index in [4.69, 9.17) is 33.6 Å². The van der Waals surface area contributed by atoms with E-state index in [1.54, 1.807) is 26.8 Å². The number of benzene rings is 1. The van der Waals surface area contributed by atoms with Crippen molar-refractivity contribution >= 4 is 29.8 Å². The van der Waals surface area contributed by atoms with Crippen molar-refractivity contribution in [3.8, 4) is 0 Å². The summed E-state index contributed by atoms with van der Waals surface area (Å²) in [5.41, 5.74) is -0.489. The first-order chi connectivity index (χ1) is 27.8. The van der Waals surface area contributed by atoms with Crippen molar-refractivity contribution in [1.29, 1.82) is 0 Å². The highest BCUT2D eigenvalue weighted by Crippen LogP contribution is 2.58. The first-order valence-electron chi connectivity index (χ1n) is 21.2. The molecular formula is C43H65N3O12. The summed E-state index contributed by atoms with van der Waals surface area (Å²) >= 11 is 0. The number of nitrogens with one attached hydrogen (secondary N) is 2. The normalized spacial score (nSPS) is 26.5. The number of esters is 2. The van der Waals surface area contributed by atoms with E-state index in [2.05, 4.69) is 24.5 Å². The van der Waals surface area contributed by atoms with Crippen LogP contribution in [0, 0.1) is 5.41 Å². The summed E-state index contributed by atoms with van der Waals surface area (Å²) in [6.07, 6.45) is 7.67. The number of aliphatic hydroxyl groups excluding tert-OH is 2. The Morgan fingerprint density at radius 3 is 2.40 bits per heavy atom. The number of carbonyl (C=O) groups excluding carboxylic acids is 4. The SMILES string of the molecule is CCCCCC1(CCCCC)O[C@@H]2[C@H](O1)[C@H]1ON(Cc3ccccc3C=COCCO)[C@H]3C(=O)O[C@@H]2C[C@@]13C(=O)NCCC(=O)N[C@H](CO)CCC(=O)OC(C)(C)C. The second kappa shape index (κ2) is 20.6. The molecule has 1 saturated carbocycles. The second-order valence-electron chi connectivity index (χ2n) is 16.9. The van der Waals surface area contributed by atoms with E-state index in [1.807, 2.05) is 24.3 Å². The van der Waals surface area contributed by atoms with Gasteiger partial charge in [-0.2, -0.15) is 5.06 Å². The number of nitrogens with zero attached hydrogens (tertiary/aromatic N) is 1. The lowest BCUT2D eigenvalue weighted by molar-refractivity contribution is -0.224. The molecular weight excluding hydrogens is 750 g/mol. The van der Waals surface area contributed by atoms with Crippen molar-refractivity contribution in [3.63, 3.8) is 0 Å². The van der Waals surface area contributed by atoms with Crippen LogP contribution in [0.15, 0.2) is 30.5 Å². The quantitative estimate of drug-likeness (QED) is 0.0699. The van der Waals surface area contributed by atoms with Crippen LogP contribution in [0.2, 0.25) is 0 Å². The molecule has 58 heavy (non-hydrogen) atoms. The van der Waals surface area contributed by atoms with E-state index in [-0.39, 0.29) is 58.6 Å². The minimum absolute atomic E-state index is 0.0171. The number of rotatable bonds is 23. The van der Waals surface area contributed by atoms with Gasteiger partial charge in [-0.1, -0.05) is 63.8 Å². The molecule has 4 aliphatic rings. The molecule has 3 saturated heterocycles. The summed E-state index contributed by atoms with van der Waals surface area (Å²) in [5, 5.41) is 26.3. The number of carbonyl (C=O) groups is 4. The lowest BCUT2D eigenvalue weighted by atomic mass is 9.62. The Labute approximate surface area is 342 Å². The van der Waals surface area contributed by atoms with Gasteiger partial charge >= 0.3 is 11.9 Å². The molecule has 1 aromatic carbocycles. The van der Waals surface area contributed by atoms with E-state index < -0.39 is 77.1 Å². The largest absolute Gasteiger partial charge is 0.499 e. The number of hydrogen-bond donors (Lipinski definition) is 4. The van der Waals surface area contributed by atoms with Crippen LogP contribution in [0.4, 0.5) is 0 Å². The molecule has 2 bridgehead atoms. The Kier molecular flexibility index (Phi) is 16.1. The molecule has 3 aliphatic heterocycles. The second-order valence-corrected chi connectivity index (χ2v) is 16.9. The fourth-order valence-electron chi connectivity index (χ4n) is 8.60. The van der Waals surface area contributed by atoms with Crippen LogP contribution in [0.5, 0.6) is 0 Å². The first kappa shape index (κ1) is 45.5. The van der Waals surface area contributed by atoms with Gasteiger partial charge in [0.25, 0.3) is 0 Å². The molecule has 2 amide bonds. The summed E-state index contributed by atoms with van der Waals surface area (Å²) in [6.45, 7) is 9.30. The number of unbranched alkanes of at least 4 members (excludes halogenated alkanes) is 4. The van der Waals surface area contributed by atoms with Crippen LogP contribution >= 0.6 is 0 Å². The zero-order chi connectivity index (χ0) is 41.9. The number of ether oxygens (including phenoxy) is 5. The monoisotopic (exact) mass is 815 g/mol. The van der Waals surface area contributed by atoms with E-state index in [0.717, 1.165) is 49.7 Å². The molecule has 0 radical (unpaired) electrons. The van der Waals surface area contributed by atoms with Crippen molar-refractivity contribution in [3.05, 3.63) is 41.7 Å². The summed E-state index contributed by atoms with van der Waals surface area (Å²) in [5.74, 6) is -2.82. The molecule has 1 aliphatic carbocycles. The highest BCUT2D eigenvalue weighted by Gasteiger charge is 2.76. The molecule has 5 rings (SSSR count). The zero-order valence-electron chi connectivity index (χ0n) is 34.9. The Balaban J connectivity index is 1.37. The zero-order valence-corrected chi connectivity index (χ0v) is 34.9. The number of hydroxylamine groups is 2. The van der Waals surface area contributed by atoms with E-state index in [9.17, 15) is 24.3 Å². The smallest absolute Gasteiger partial charge is 0.327 e. The number of amides is 2. The molecule has 4 fully saturated rings. The lowest BCUT2D eigenvalue weighted by Gasteiger charge is -2.48. The summed E-state index contributed by atoms with van der Waals surface area (Å²) < 4.78 is 30.7. The molecule has 15 nitrogen and oxygen atoms in total. The maximum atomic E-state index is 14.7. The van der Waals surface area contributed by atoms with Gasteiger partial charge in [0.2, 0.25) is 11.8 Å².